The van der Waals surface area contributed by atoms with Gasteiger partial charge in [-0.1, -0.05) is 6.92 Å². The van der Waals surface area contributed by atoms with Crippen LogP contribution in [0.2, 0.25) is 0 Å². The number of carbonyl (C=O) groups is 1. The summed E-state index contributed by atoms with van der Waals surface area (Å²) in [6.45, 7) is 4.83. The third-order valence-corrected chi connectivity index (χ3v) is 2.73. The van der Waals surface area contributed by atoms with Gasteiger partial charge in [0.05, 0.1) is 12.0 Å². The van der Waals surface area contributed by atoms with Crippen molar-refractivity contribution >= 4 is 5.91 Å². The van der Waals surface area contributed by atoms with Crippen LogP contribution < -0.4 is 5.32 Å². The Kier molecular flexibility index (Phi) is 6.43. The highest BCUT2D eigenvalue weighted by Gasteiger charge is 2.04. The number of nitrogens with zero attached hydrogens (tertiary/aromatic N) is 3. The zero-order valence-corrected chi connectivity index (χ0v) is 11.6. The highest BCUT2D eigenvalue weighted by Crippen LogP contribution is 2.01. The maximum absolute atomic E-state index is 11.4. The van der Waals surface area contributed by atoms with E-state index in [1.165, 1.54) is 0 Å². The smallest absolute Gasteiger partial charge is 0.222 e. The molecular formula is C13H24N4O. The van der Waals surface area contributed by atoms with Gasteiger partial charge in [0.15, 0.2) is 0 Å². The minimum Gasteiger partial charge on any atom is -0.349 e. The van der Waals surface area contributed by atoms with Crippen molar-refractivity contribution in [3.05, 3.63) is 18.2 Å². The molecule has 0 aliphatic carbocycles. The number of amides is 1. The number of aryl methyl sites for hydroxylation is 1. The van der Waals surface area contributed by atoms with Crippen molar-refractivity contribution in [3.8, 4) is 0 Å². The quantitative estimate of drug-likeness (QED) is 0.708. The molecule has 1 amide bonds. The first-order chi connectivity index (χ1) is 8.63. The van der Waals surface area contributed by atoms with Gasteiger partial charge in [-0.15, -0.1) is 0 Å². The molecule has 0 bridgehead atoms. The molecule has 0 aliphatic heterocycles. The summed E-state index contributed by atoms with van der Waals surface area (Å²) in [6.07, 6.45) is 6.46. The molecule has 0 spiro atoms. The average molecular weight is 252 g/mol. The van der Waals surface area contributed by atoms with Gasteiger partial charge >= 0.3 is 0 Å². The van der Waals surface area contributed by atoms with Gasteiger partial charge < -0.3 is 14.8 Å². The largest absolute Gasteiger partial charge is 0.349 e. The minimum absolute atomic E-state index is 0.181. The summed E-state index contributed by atoms with van der Waals surface area (Å²) in [4.78, 5) is 17.4. The number of aromatic nitrogens is 2. The first kappa shape index (κ1) is 14.7. The molecule has 1 aromatic heterocycles. The van der Waals surface area contributed by atoms with E-state index in [0.29, 0.717) is 6.42 Å². The van der Waals surface area contributed by atoms with Crippen molar-refractivity contribution in [1.29, 1.82) is 0 Å². The Balaban J connectivity index is 2.24. The van der Waals surface area contributed by atoms with Crippen molar-refractivity contribution in [3.63, 3.8) is 0 Å². The Morgan fingerprint density at radius 1 is 1.50 bits per heavy atom. The van der Waals surface area contributed by atoms with Crippen LogP contribution in [0.3, 0.4) is 0 Å². The Morgan fingerprint density at radius 3 is 2.94 bits per heavy atom. The highest BCUT2D eigenvalue weighted by atomic mass is 16.2. The number of hydrogen-bond acceptors (Lipinski definition) is 3. The SMILES string of the molecule is CCCNCc1cn(CCCC(=O)N(C)C)cn1. The molecule has 0 aliphatic rings. The van der Waals surface area contributed by atoms with Crippen molar-refractivity contribution in [2.24, 2.45) is 0 Å². The summed E-state index contributed by atoms with van der Waals surface area (Å²) in [5.41, 5.74) is 1.06. The molecule has 5 heteroatoms. The Morgan fingerprint density at radius 2 is 2.28 bits per heavy atom. The van der Waals surface area contributed by atoms with Crippen LogP contribution in [0.1, 0.15) is 31.9 Å². The number of nitrogens with one attached hydrogen (secondary N) is 1. The van der Waals surface area contributed by atoms with E-state index in [0.717, 1.165) is 38.2 Å². The molecule has 0 aromatic carbocycles. The fourth-order valence-electron chi connectivity index (χ4n) is 1.65. The number of rotatable bonds is 8. The monoisotopic (exact) mass is 252 g/mol. The molecular weight excluding hydrogens is 228 g/mol. The van der Waals surface area contributed by atoms with Crippen LogP contribution in [0.5, 0.6) is 0 Å². The van der Waals surface area contributed by atoms with E-state index < -0.39 is 0 Å². The third-order valence-electron chi connectivity index (χ3n) is 2.73. The van der Waals surface area contributed by atoms with Crippen molar-refractivity contribution < 1.29 is 4.79 Å². The van der Waals surface area contributed by atoms with E-state index >= 15 is 0 Å². The Hall–Kier alpha value is -1.36. The van der Waals surface area contributed by atoms with Crippen LogP contribution in [0.15, 0.2) is 12.5 Å². The molecule has 0 saturated carbocycles. The van der Waals surface area contributed by atoms with Crippen molar-refractivity contribution in [2.75, 3.05) is 20.6 Å². The predicted octanol–water partition coefficient (Wildman–Crippen LogP) is 1.25. The van der Waals surface area contributed by atoms with Gasteiger partial charge in [-0.05, 0) is 19.4 Å². The van der Waals surface area contributed by atoms with Gasteiger partial charge in [0, 0.05) is 39.8 Å². The van der Waals surface area contributed by atoms with Crippen molar-refractivity contribution in [1.82, 2.24) is 19.8 Å². The second kappa shape index (κ2) is 7.87. The summed E-state index contributed by atoms with van der Waals surface area (Å²) in [5.74, 6) is 0.181. The first-order valence-corrected chi connectivity index (χ1v) is 6.55. The highest BCUT2D eigenvalue weighted by molar-refractivity contribution is 5.75. The summed E-state index contributed by atoms with van der Waals surface area (Å²) in [5, 5.41) is 3.32. The Labute approximate surface area is 109 Å². The normalized spacial score (nSPS) is 10.6. The number of carbonyl (C=O) groups excluding carboxylic acids is 1. The van der Waals surface area contributed by atoms with E-state index in [9.17, 15) is 4.79 Å². The molecule has 1 N–H and O–H groups in total. The summed E-state index contributed by atoms with van der Waals surface area (Å²) >= 11 is 0. The van der Waals surface area contributed by atoms with Gasteiger partial charge in [-0.2, -0.15) is 0 Å². The summed E-state index contributed by atoms with van der Waals surface area (Å²) < 4.78 is 2.05. The van der Waals surface area contributed by atoms with Gasteiger partial charge in [0.1, 0.15) is 0 Å². The summed E-state index contributed by atoms with van der Waals surface area (Å²) in [7, 11) is 3.58. The maximum atomic E-state index is 11.4. The van der Waals surface area contributed by atoms with E-state index in [4.69, 9.17) is 0 Å². The van der Waals surface area contributed by atoms with E-state index in [1.807, 2.05) is 17.1 Å². The van der Waals surface area contributed by atoms with Gasteiger partial charge in [-0.3, -0.25) is 4.79 Å². The van der Waals surface area contributed by atoms with Crippen LogP contribution in [-0.4, -0.2) is 41.0 Å². The molecule has 1 heterocycles. The van der Waals surface area contributed by atoms with E-state index in [2.05, 4.69) is 17.2 Å². The summed E-state index contributed by atoms with van der Waals surface area (Å²) in [6, 6.07) is 0. The van der Waals surface area contributed by atoms with Crippen LogP contribution in [-0.2, 0) is 17.9 Å². The lowest BCUT2D eigenvalue weighted by molar-refractivity contribution is -0.128. The van der Waals surface area contributed by atoms with Crippen LogP contribution >= 0.6 is 0 Å². The molecule has 0 atom stereocenters. The molecule has 18 heavy (non-hydrogen) atoms. The van der Waals surface area contributed by atoms with Gasteiger partial charge in [0.2, 0.25) is 5.91 Å². The van der Waals surface area contributed by atoms with Crippen molar-refractivity contribution in [2.45, 2.75) is 39.3 Å². The maximum Gasteiger partial charge on any atom is 0.222 e. The van der Waals surface area contributed by atoms with Crippen LogP contribution in [0.25, 0.3) is 0 Å². The molecule has 0 unspecified atom stereocenters. The second-order valence-corrected chi connectivity index (χ2v) is 4.67. The number of imidazole rings is 1. The molecule has 0 fully saturated rings. The topological polar surface area (TPSA) is 50.2 Å². The lowest BCUT2D eigenvalue weighted by atomic mass is 10.3. The van der Waals surface area contributed by atoms with Gasteiger partial charge in [-0.25, -0.2) is 4.98 Å². The van der Waals surface area contributed by atoms with Crippen LogP contribution in [0, 0.1) is 0 Å². The zero-order chi connectivity index (χ0) is 13.4. The zero-order valence-electron chi connectivity index (χ0n) is 11.6. The van der Waals surface area contributed by atoms with Crippen LogP contribution in [0.4, 0.5) is 0 Å². The average Bonchev–Trinajstić information content (AvgIpc) is 2.77. The fourth-order valence-corrected chi connectivity index (χ4v) is 1.65. The Bertz CT molecular complexity index is 360. The molecule has 1 rings (SSSR count). The fraction of sp³-hybridized carbons (Fsp3) is 0.692. The van der Waals surface area contributed by atoms with Gasteiger partial charge in [0.25, 0.3) is 0 Å². The lowest BCUT2D eigenvalue weighted by Crippen LogP contribution is -2.21. The van der Waals surface area contributed by atoms with E-state index in [1.54, 1.807) is 19.0 Å². The molecule has 5 nitrogen and oxygen atoms in total. The molecule has 102 valence electrons. The standard InChI is InChI=1S/C13H24N4O/c1-4-7-14-9-12-10-17(11-15-12)8-5-6-13(18)16(2)3/h10-11,14H,4-9H2,1-3H3. The first-order valence-electron chi connectivity index (χ1n) is 6.55. The predicted molar refractivity (Wildman–Crippen MR) is 72.2 cm³/mol. The minimum atomic E-state index is 0.181. The number of hydrogen-bond donors (Lipinski definition) is 1. The molecule has 0 saturated heterocycles. The molecule has 1 aromatic rings. The second-order valence-electron chi connectivity index (χ2n) is 4.67. The third kappa shape index (κ3) is 5.31. The lowest BCUT2D eigenvalue weighted by Gasteiger charge is -2.09. The van der Waals surface area contributed by atoms with E-state index in [-0.39, 0.29) is 5.91 Å². The molecule has 0 radical (unpaired) electrons.